The lowest BCUT2D eigenvalue weighted by Crippen LogP contribution is -2.39. The van der Waals surface area contributed by atoms with E-state index in [-0.39, 0.29) is 17.9 Å². The van der Waals surface area contributed by atoms with Crippen LogP contribution < -0.4 is 15.4 Å². The van der Waals surface area contributed by atoms with Gasteiger partial charge in [-0.05, 0) is 38.0 Å². The van der Waals surface area contributed by atoms with Crippen molar-refractivity contribution in [2.45, 2.75) is 32.7 Å². The smallest absolute Gasteiger partial charge is 0.244 e. The summed E-state index contributed by atoms with van der Waals surface area (Å²) in [5.41, 5.74) is 1.35. The number of rotatable bonds is 5. The first-order valence-electron chi connectivity index (χ1n) is 7.52. The van der Waals surface area contributed by atoms with Gasteiger partial charge < -0.3 is 20.3 Å². The Kier molecular flexibility index (Phi) is 5.25. The first-order valence-corrected chi connectivity index (χ1v) is 7.52. The molecule has 1 heterocycles. The predicted molar refractivity (Wildman–Crippen MR) is 86.2 cm³/mol. The molecule has 2 rings (SSSR count). The van der Waals surface area contributed by atoms with E-state index in [2.05, 4.69) is 10.6 Å². The van der Waals surface area contributed by atoms with E-state index in [9.17, 15) is 9.59 Å². The Morgan fingerprint density at radius 1 is 1.27 bits per heavy atom. The molecule has 120 valence electrons. The third-order valence-electron chi connectivity index (χ3n) is 3.68. The summed E-state index contributed by atoms with van der Waals surface area (Å²) in [6, 6.07) is 4.95. The van der Waals surface area contributed by atoms with Gasteiger partial charge in [-0.1, -0.05) is 0 Å². The zero-order chi connectivity index (χ0) is 16.1. The van der Waals surface area contributed by atoms with E-state index in [4.69, 9.17) is 4.74 Å². The van der Waals surface area contributed by atoms with Crippen LogP contribution in [0.2, 0.25) is 0 Å². The summed E-state index contributed by atoms with van der Waals surface area (Å²) in [4.78, 5) is 25.4. The van der Waals surface area contributed by atoms with E-state index in [1.165, 1.54) is 6.92 Å². The van der Waals surface area contributed by atoms with Crippen LogP contribution >= 0.6 is 0 Å². The molecule has 0 radical (unpaired) electrons. The lowest BCUT2D eigenvalue weighted by Gasteiger charge is -2.23. The molecule has 0 bridgehead atoms. The molecular weight excluding hydrogens is 282 g/mol. The molecule has 6 nitrogen and oxygen atoms in total. The zero-order valence-electron chi connectivity index (χ0n) is 13.3. The Balaban J connectivity index is 2.11. The summed E-state index contributed by atoms with van der Waals surface area (Å²) in [7, 11) is 1.57. The molecule has 0 saturated carbocycles. The second-order valence-corrected chi connectivity index (χ2v) is 5.49. The number of amides is 2. The maximum absolute atomic E-state index is 12.4. The third-order valence-corrected chi connectivity index (χ3v) is 3.68. The molecule has 2 N–H and O–H groups in total. The fourth-order valence-corrected chi connectivity index (χ4v) is 2.61. The van der Waals surface area contributed by atoms with Crippen molar-refractivity contribution in [2.24, 2.45) is 0 Å². The molecule has 1 saturated heterocycles. The second-order valence-electron chi connectivity index (χ2n) is 5.49. The van der Waals surface area contributed by atoms with Crippen molar-refractivity contribution in [3.63, 3.8) is 0 Å². The normalized spacial score (nSPS) is 15.3. The Labute approximate surface area is 130 Å². The van der Waals surface area contributed by atoms with Crippen LogP contribution in [0.3, 0.4) is 0 Å². The van der Waals surface area contributed by atoms with Gasteiger partial charge in [0.05, 0.1) is 12.8 Å². The van der Waals surface area contributed by atoms with Crippen LogP contribution in [0.25, 0.3) is 0 Å². The van der Waals surface area contributed by atoms with Gasteiger partial charge in [0.2, 0.25) is 11.8 Å². The number of nitrogens with one attached hydrogen (secondary N) is 2. The number of hydrogen-bond acceptors (Lipinski definition) is 4. The SMILES string of the molecule is COc1ccc(NC(C)=O)cc1N[C@H](C)C(=O)N1CCCC1. The number of likely N-dealkylation sites (tertiary alicyclic amines) is 1. The van der Waals surface area contributed by atoms with Gasteiger partial charge in [0.25, 0.3) is 0 Å². The van der Waals surface area contributed by atoms with E-state index < -0.39 is 0 Å². The summed E-state index contributed by atoms with van der Waals surface area (Å²) in [5.74, 6) is 0.581. The summed E-state index contributed by atoms with van der Waals surface area (Å²) < 4.78 is 5.31. The van der Waals surface area contributed by atoms with Gasteiger partial charge in [-0.2, -0.15) is 0 Å². The fraction of sp³-hybridized carbons (Fsp3) is 0.500. The number of methoxy groups -OCH3 is 1. The van der Waals surface area contributed by atoms with Gasteiger partial charge in [0, 0.05) is 25.7 Å². The number of benzene rings is 1. The molecule has 6 heteroatoms. The molecule has 1 aliphatic heterocycles. The van der Waals surface area contributed by atoms with Gasteiger partial charge in [-0.15, -0.1) is 0 Å². The van der Waals surface area contributed by atoms with E-state index in [0.717, 1.165) is 25.9 Å². The minimum Gasteiger partial charge on any atom is -0.495 e. The molecule has 22 heavy (non-hydrogen) atoms. The fourth-order valence-electron chi connectivity index (χ4n) is 2.61. The van der Waals surface area contributed by atoms with E-state index >= 15 is 0 Å². The van der Waals surface area contributed by atoms with E-state index in [1.54, 1.807) is 25.3 Å². The molecule has 0 unspecified atom stereocenters. The Morgan fingerprint density at radius 2 is 1.95 bits per heavy atom. The quantitative estimate of drug-likeness (QED) is 0.874. The number of carbonyl (C=O) groups is 2. The van der Waals surface area contributed by atoms with Crippen LogP contribution in [0, 0.1) is 0 Å². The summed E-state index contributed by atoms with van der Waals surface area (Å²) in [6.07, 6.45) is 2.14. The first-order chi connectivity index (χ1) is 10.5. The highest BCUT2D eigenvalue weighted by Crippen LogP contribution is 2.28. The lowest BCUT2D eigenvalue weighted by atomic mass is 10.2. The van der Waals surface area contributed by atoms with E-state index in [1.807, 2.05) is 11.8 Å². The minimum absolute atomic E-state index is 0.0875. The summed E-state index contributed by atoms with van der Waals surface area (Å²) >= 11 is 0. The largest absolute Gasteiger partial charge is 0.495 e. The number of nitrogens with zero attached hydrogens (tertiary/aromatic N) is 1. The number of hydrogen-bond donors (Lipinski definition) is 2. The van der Waals surface area contributed by atoms with Crippen molar-refractivity contribution in [3.05, 3.63) is 18.2 Å². The molecule has 0 aromatic heterocycles. The van der Waals surface area contributed by atoms with Crippen LogP contribution in [0.15, 0.2) is 18.2 Å². The average Bonchev–Trinajstić information content (AvgIpc) is 3.00. The average molecular weight is 305 g/mol. The molecule has 0 aliphatic carbocycles. The lowest BCUT2D eigenvalue weighted by molar-refractivity contribution is -0.130. The van der Waals surface area contributed by atoms with Crippen LogP contribution in [-0.4, -0.2) is 43.0 Å². The van der Waals surface area contributed by atoms with Crippen LogP contribution in [0.1, 0.15) is 26.7 Å². The Bertz CT molecular complexity index is 554. The van der Waals surface area contributed by atoms with Crippen LogP contribution in [0.4, 0.5) is 11.4 Å². The molecular formula is C16H23N3O3. The number of ether oxygens (including phenoxy) is 1. The molecule has 1 fully saturated rings. The Morgan fingerprint density at radius 3 is 2.55 bits per heavy atom. The van der Waals surface area contributed by atoms with Crippen molar-refractivity contribution in [1.29, 1.82) is 0 Å². The number of anilines is 2. The maximum Gasteiger partial charge on any atom is 0.244 e. The van der Waals surface area contributed by atoms with Crippen molar-refractivity contribution in [1.82, 2.24) is 4.90 Å². The minimum atomic E-state index is -0.348. The van der Waals surface area contributed by atoms with Crippen molar-refractivity contribution >= 4 is 23.2 Å². The predicted octanol–water partition coefficient (Wildman–Crippen LogP) is 2.08. The standard InChI is InChI=1S/C16H23N3O3/c1-11(16(21)19-8-4-5-9-19)17-14-10-13(18-12(2)20)6-7-15(14)22-3/h6-7,10-11,17H,4-5,8-9H2,1-3H3,(H,18,20)/t11-/m1/s1. The zero-order valence-corrected chi connectivity index (χ0v) is 13.3. The highest BCUT2D eigenvalue weighted by molar-refractivity contribution is 5.90. The van der Waals surface area contributed by atoms with Gasteiger partial charge >= 0.3 is 0 Å². The molecule has 1 aromatic rings. The monoisotopic (exact) mass is 305 g/mol. The van der Waals surface area contributed by atoms with Crippen LogP contribution in [-0.2, 0) is 9.59 Å². The topological polar surface area (TPSA) is 70.7 Å². The Hall–Kier alpha value is -2.24. The van der Waals surface area contributed by atoms with Gasteiger partial charge in [0.15, 0.2) is 0 Å². The third kappa shape index (κ3) is 3.90. The van der Waals surface area contributed by atoms with E-state index in [0.29, 0.717) is 17.1 Å². The molecule has 1 aliphatic rings. The highest BCUT2D eigenvalue weighted by Gasteiger charge is 2.23. The number of carbonyl (C=O) groups excluding carboxylic acids is 2. The summed E-state index contributed by atoms with van der Waals surface area (Å²) in [5, 5.41) is 5.91. The molecule has 0 spiro atoms. The van der Waals surface area contributed by atoms with Crippen molar-refractivity contribution in [3.8, 4) is 5.75 Å². The summed E-state index contributed by atoms with van der Waals surface area (Å²) in [6.45, 7) is 4.95. The maximum atomic E-state index is 12.4. The van der Waals surface area contributed by atoms with Gasteiger partial charge in [-0.3, -0.25) is 9.59 Å². The van der Waals surface area contributed by atoms with Gasteiger partial charge in [0.1, 0.15) is 11.8 Å². The van der Waals surface area contributed by atoms with Crippen molar-refractivity contribution in [2.75, 3.05) is 30.8 Å². The van der Waals surface area contributed by atoms with Crippen molar-refractivity contribution < 1.29 is 14.3 Å². The van der Waals surface area contributed by atoms with Crippen LogP contribution in [0.5, 0.6) is 5.75 Å². The molecule has 1 aromatic carbocycles. The highest BCUT2D eigenvalue weighted by atomic mass is 16.5. The second kappa shape index (κ2) is 7.15. The first kappa shape index (κ1) is 16.1. The van der Waals surface area contributed by atoms with Gasteiger partial charge in [-0.25, -0.2) is 0 Å². The molecule has 2 amide bonds. The molecule has 1 atom stereocenters.